The van der Waals surface area contributed by atoms with Crippen LogP contribution < -0.4 is 16.4 Å². The molecule has 2 unspecified atom stereocenters. The molecule has 14 heavy (non-hydrogen) atoms. The van der Waals surface area contributed by atoms with Crippen molar-refractivity contribution in [2.75, 3.05) is 0 Å². The van der Waals surface area contributed by atoms with Gasteiger partial charge in [-0.25, -0.2) is 4.99 Å². The van der Waals surface area contributed by atoms with E-state index in [1.54, 1.807) is 17.3 Å². The lowest BCUT2D eigenvalue weighted by atomic mass is 10.1. The molecule has 2 atom stereocenters. The molecular formula is C8H11N5O. The maximum atomic E-state index is 11.5. The van der Waals surface area contributed by atoms with Crippen LogP contribution in [0.15, 0.2) is 30.2 Å². The summed E-state index contributed by atoms with van der Waals surface area (Å²) in [6, 6.07) is -0.474. The highest BCUT2D eigenvalue weighted by Crippen LogP contribution is 2.09. The van der Waals surface area contributed by atoms with E-state index in [4.69, 9.17) is 5.73 Å². The Balaban J connectivity index is 2.36. The van der Waals surface area contributed by atoms with Gasteiger partial charge in [-0.05, 0) is 0 Å². The predicted molar refractivity (Wildman–Crippen MR) is 51.7 cm³/mol. The molecule has 74 valence electrons. The van der Waals surface area contributed by atoms with E-state index in [0.29, 0.717) is 5.84 Å². The predicted octanol–water partition coefficient (Wildman–Crippen LogP) is -1.35. The third kappa shape index (κ3) is 1.16. The zero-order valence-electron chi connectivity index (χ0n) is 7.47. The average Bonchev–Trinajstić information content (AvgIpc) is 2.18. The first-order valence-electron chi connectivity index (χ1n) is 4.19. The summed E-state index contributed by atoms with van der Waals surface area (Å²) >= 11 is 0. The molecular weight excluding hydrogens is 182 g/mol. The molecule has 1 amide bonds. The molecule has 1 fully saturated rings. The maximum absolute atomic E-state index is 11.5. The van der Waals surface area contributed by atoms with Crippen molar-refractivity contribution in [3.8, 4) is 0 Å². The van der Waals surface area contributed by atoms with Crippen molar-refractivity contribution in [3.05, 3.63) is 25.2 Å². The van der Waals surface area contributed by atoms with Crippen molar-refractivity contribution >= 4 is 11.7 Å². The highest BCUT2D eigenvalue weighted by Gasteiger charge is 2.36. The number of nitrogens with one attached hydrogen (secondary N) is 2. The second-order valence-corrected chi connectivity index (χ2v) is 2.95. The Labute approximate surface area is 81.2 Å². The van der Waals surface area contributed by atoms with Crippen molar-refractivity contribution in [1.29, 1.82) is 0 Å². The first-order chi connectivity index (χ1) is 6.74. The number of nitrogens with zero attached hydrogens (tertiary/aromatic N) is 2. The largest absolute Gasteiger partial charge is 0.372 e. The summed E-state index contributed by atoms with van der Waals surface area (Å²) in [5.41, 5.74) is 5.68. The zero-order valence-corrected chi connectivity index (χ0v) is 7.47. The van der Waals surface area contributed by atoms with E-state index in [1.807, 2.05) is 0 Å². The molecule has 0 aromatic rings. The van der Waals surface area contributed by atoms with Crippen molar-refractivity contribution in [2.24, 2.45) is 10.7 Å². The van der Waals surface area contributed by atoms with E-state index in [-0.39, 0.29) is 5.91 Å². The maximum Gasteiger partial charge on any atom is 0.253 e. The summed E-state index contributed by atoms with van der Waals surface area (Å²) in [5, 5.41) is 5.48. The van der Waals surface area contributed by atoms with Crippen molar-refractivity contribution < 1.29 is 4.79 Å². The van der Waals surface area contributed by atoms with Gasteiger partial charge in [0.1, 0.15) is 5.84 Å². The molecule has 0 bridgehead atoms. The van der Waals surface area contributed by atoms with Crippen LogP contribution in [0.25, 0.3) is 0 Å². The fourth-order valence-electron chi connectivity index (χ4n) is 1.46. The molecule has 0 radical (unpaired) electrons. The van der Waals surface area contributed by atoms with Crippen LogP contribution in [0.3, 0.4) is 0 Å². The summed E-state index contributed by atoms with van der Waals surface area (Å²) in [7, 11) is 0. The minimum absolute atomic E-state index is 0.182. The average molecular weight is 193 g/mol. The number of amidine groups is 1. The van der Waals surface area contributed by atoms with Crippen LogP contribution in [0, 0.1) is 0 Å². The number of hydrogen-bond acceptors (Lipinski definition) is 5. The van der Waals surface area contributed by atoms with Gasteiger partial charge in [-0.3, -0.25) is 10.5 Å². The molecule has 6 nitrogen and oxygen atoms in total. The molecule has 0 aliphatic carbocycles. The Bertz CT molecular complexity index is 335. The molecule has 0 aromatic heterocycles. The molecule has 2 rings (SSSR count). The number of carbonyl (C=O) groups is 1. The van der Waals surface area contributed by atoms with E-state index in [9.17, 15) is 4.79 Å². The van der Waals surface area contributed by atoms with Crippen molar-refractivity contribution in [3.63, 3.8) is 0 Å². The Morgan fingerprint density at radius 1 is 1.71 bits per heavy atom. The standard InChI is InChI=1S/C8H11N5O/c1-2-13-6-5(10-3-4-11-6)7(14)12-8(13)9/h2-5,8,10H,1,9H2,(H,12,14). The highest BCUT2D eigenvalue weighted by atomic mass is 16.2. The number of rotatable bonds is 1. The van der Waals surface area contributed by atoms with Crippen molar-refractivity contribution in [2.45, 2.75) is 12.3 Å². The number of fused-ring (bicyclic) bond motifs is 1. The molecule has 0 aromatic carbocycles. The Morgan fingerprint density at radius 2 is 2.50 bits per heavy atom. The van der Waals surface area contributed by atoms with Crippen LogP contribution in [0.2, 0.25) is 0 Å². The van der Waals surface area contributed by atoms with Gasteiger partial charge in [0.25, 0.3) is 5.91 Å². The number of hydrogen-bond donors (Lipinski definition) is 3. The fraction of sp³-hybridized carbons (Fsp3) is 0.250. The SMILES string of the molecule is C=CN1C2=NC=CNC2C(=O)NC1N. The summed E-state index contributed by atoms with van der Waals surface area (Å²) in [6.07, 6.45) is 4.14. The van der Waals surface area contributed by atoms with Crippen LogP contribution in [0.1, 0.15) is 0 Å². The zero-order chi connectivity index (χ0) is 10.1. The van der Waals surface area contributed by atoms with E-state index in [0.717, 1.165) is 0 Å². The lowest BCUT2D eigenvalue weighted by Gasteiger charge is -2.38. The first kappa shape index (κ1) is 8.76. The molecule has 0 spiro atoms. The molecule has 2 heterocycles. The van der Waals surface area contributed by atoms with Gasteiger partial charge in [-0.1, -0.05) is 6.58 Å². The quantitative estimate of drug-likeness (QED) is 0.480. The van der Waals surface area contributed by atoms with Crippen LogP contribution in [-0.2, 0) is 4.79 Å². The van der Waals surface area contributed by atoms with Gasteiger partial charge >= 0.3 is 0 Å². The third-order valence-corrected chi connectivity index (χ3v) is 2.12. The Hall–Kier alpha value is -1.82. The lowest BCUT2D eigenvalue weighted by Crippen LogP contribution is -2.68. The van der Waals surface area contributed by atoms with E-state index >= 15 is 0 Å². The van der Waals surface area contributed by atoms with E-state index < -0.39 is 12.3 Å². The van der Waals surface area contributed by atoms with Crippen molar-refractivity contribution in [1.82, 2.24) is 15.5 Å². The number of carbonyl (C=O) groups excluding carboxylic acids is 1. The summed E-state index contributed by atoms with van der Waals surface area (Å²) in [4.78, 5) is 17.2. The summed E-state index contributed by atoms with van der Waals surface area (Å²) < 4.78 is 0. The van der Waals surface area contributed by atoms with Gasteiger partial charge in [-0.2, -0.15) is 0 Å². The first-order valence-corrected chi connectivity index (χ1v) is 4.19. The third-order valence-electron chi connectivity index (χ3n) is 2.12. The molecule has 1 saturated heterocycles. The highest BCUT2D eigenvalue weighted by molar-refractivity contribution is 6.10. The number of nitrogens with two attached hydrogens (primary N) is 1. The summed E-state index contributed by atoms with van der Waals surface area (Å²) in [5.74, 6) is 0.387. The van der Waals surface area contributed by atoms with Crippen LogP contribution in [0.4, 0.5) is 0 Å². The topological polar surface area (TPSA) is 82.8 Å². The van der Waals surface area contributed by atoms with Gasteiger partial charge < -0.3 is 15.5 Å². The minimum Gasteiger partial charge on any atom is -0.372 e. The molecule has 2 aliphatic heterocycles. The van der Waals surface area contributed by atoms with E-state index in [2.05, 4.69) is 22.2 Å². The molecule has 0 saturated carbocycles. The van der Waals surface area contributed by atoms with Gasteiger partial charge in [0.15, 0.2) is 12.3 Å². The van der Waals surface area contributed by atoms with Crippen LogP contribution in [-0.4, -0.2) is 29.0 Å². The Morgan fingerprint density at radius 3 is 3.21 bits per heavy atom. The molecule has 6 heteroatoms. The number of amides is 1. The van der Waals surface area contributed by atoms with Crippen LogP contribution >= 0.6 is 0 Å². The van der Waals surface area contributed by atoms with Gasteiger partial charge in [0.05, 0.1) is 0 Å². The second-order valence-electron chi connectivity index (χ2n) is 2.95. The molecule has 4 N–H and O–H groups in total. The fourth-order valence-corrected chi connectivity index (χ4v) is 1.46. The second kappa shape index (κ2) is 3.15. The van der Waals surface area contributed by atoms with E-state index in [1.165, 1.54) is 6.20 Å². The smallest absolute Gasteiger partial charge is 0.253 e. The van der Waals surface area contributed by atoms with Gasteiger partial charge in [0.2, 0.25) is 0 Å². The number of aliphatic imine (C=N–C) groups is 1. The Kier molecular flexibility index (Phi) is 1.97. The minimum atomic E-state index is -0.594. The van der Waals surface area contributed by atoms with Crippen LogP contribution in [0.5, 0.6) is 0 Å². The summed E-state index contributed by atoms with van der Waals surface area (Å²) in [6.45, 7) is 3.61. The molecule has 2 aliphatic rings. The lowest BCUT2D eigenvalue weighted by molar-refractivity contribution is -0.124. The normalized spacial score (nSPS) is 29.9. The monoisotopic (exact) mass is 193 g/mol. The van der Waals surface area contributed by atoms with Gasteiger partial charge in [-0.15, -0.1) is 0 Å². The van der Waals surface area contributed by atoms with Gasteiger partial charge in [0, 0.05) is 18.6 Å².